The quantitative estimate of drug-likeness (QED) is 0.700. The van der Waals surface area contributed by atoms with Crippen LogP contribution < -0.4 is 0 Å². The zero-order valence-electron chi connectivity index (χ0n) is 18.9. The van der Waals surface area contributed by atoms with Crippen LogP contribution in [0.5, 0.6) is 0 Å². The van der Waals surface area contributed by atoms with Gasteiger partial charge in [-0.25, -0.2) is 8.78 Å². The number of halogens is 3. The summed E-state index contributed by atoms with van der Waals surface area (Å²) in [5, 5.41) is -0.309. The molecule has 1 saturated heterocycles. The van der Waals surface area contributed by atoms with E-state index in [1.54, 1.807) is 6.20 Å². The van der Waals surface area contributed by atoms with Crippen LogP contribution in [0.1, 0.15) is 52.7 Å². The number of aryl methyl sites for hydroxylation is 2. The highest BCUT2D eigenvalue weighted by Gasteiger charge is 2.35. The Kier molecular flexibility index (Phi) is 4.63. The van der Waals surface area contributed by atoms with E-state index in [1.165, 1.54) is 0 Å². The summed E-state index contributed by atoms with van der Waals surface area (Å²) in [5.41, 5.74) is -0.811. The molecule has 3 nitrogen and oxygen atoms in total. The molecule has 1 atom stereocenters. The molecule has 1 fully saturated rings. The Hall–Kier alpha value is -2.01. The number of alkyl halides is 1. The molecular formula is C21H23ClF2N2O. The lowest BCUT2D eigenvalue weighted by Crippen LogP contribution is -2.44. The Morgan fingerprint density at radius 1 is 1.41 bits per heavy atom. The van der Waals surface area contributed by atoms with E-state index in [-0.39, 0.29) is 23.4 Å². The van der Waals surface area contributed by atoms with Gasteiger partial charge in [-0.1, -0.05) is 17.7 Å². The second-order valence-corrected chi connectivity index (χ2v) is 7.08. The number of benzene rings is 1. The maximum absolute atomic E-state index is 15.7. The number of aromatic nitrogens is 1. The van der Waals surface area contributed by atoms with E-state index in [1.807, 2.05) is 19.1 Å². The van der Waals surface area contributed by atoms with Gasteiger partial charge in [0.2, 0.25) is 0 Å². The predicted molar refractivity (Wildman–Crippen MR) is 102 cm³/mol. The number of piperidine rings is 1. The van der Waals surface area contributed by atoms with Crippen molar-refractivity contribution in [2.45, 2.75) is 44.6 Å². The van der Waals surface area contributed by atoms with Crippen LogP contribution in [0.2, 0.25) is 5.02 Å². The Labute approximate surface area is 169 Å². The van der Waals surface area contributed by atoms with E-state index in [2.05, 4.69) is 4.98 Å². The van der Waals surface area contributed by atoms with Crippen LogP contribution in [0.4, 0.5) is 8.78 Å². The third-order valence-electron chi connectivity index (χ3n) is 4.49. The molecule has 1 unspecified atom stereocenters. The van der Waals surface area contributed by atoms with Crippen LogP contribution in [0, 0.1) is 12.7 Å². The topological polar surface area (TPSA) is 33.2 Å². The van der Waals surface area contributed by atoms with Gasteiger partial charge in [0.1, 0.15) is 11.5 Å². The molecule has 1 amide bonds. The molecule has 3 rings (SSSR count). The number of rotatable bonds is 5. The van der Waals surface area contributed by atoms with Gasteiger partial charge < -0.3 is 4.90 Å². The summed E-state index contributed by atoms with van der Waals surface area (Å²) in [6.07, 6.45) is -1.08. The van der Waals surface area contributed by atoms with Crippen LogP contribution in [0.3, 0.4) is 0 Å². The molecule has 2 aromatic rings. The molecule has 1 aliphatic heterocycles. The Morgan fingerprint density at radius 3 is 2.93 bits per heavy atom. The van der Waals surface area contributed by atoms with E-state index in [9.17, 15) is 9.18 Å². The van der Waals surface area contributed by atoms with Crippen LogP contribution in [0.15, 0.2) is 36.5 Å². The Morgan fingerprint density at radius 2 is 2.22 bits per heavy atom. The standard InChI is InChI=1S/C21H23ClF2N2O/c1-15-4-6-17(25-14-15)3-2-8-21(24)9-11-26(12-10-21)20(27)16-5-7-19(23)18(22)13-16/h4-7,13-14H,2-3,8-12H2,1H3/i9D2,12D2. The lowest BCUT2D eigenvalue weighted by Gasteiger charge is -2.36. The molecule has 0 bridgehead atoms. The number of likely N-dealkylation sites (tertiary alicyclic amines) is 1. The fourth-order valence-corrected chi connectivity index (χ4v) is 3.04. The lowest BCUT2D eigenvalue weighted by molar-refractivity contribution is 0.0389. The van der Waals surface area contributed by atoms with Crippen molar-refractivity contribution in [2.75, 3.05) is 13.0 Å². The fraction of sp³-hybridized carbons (Fsp3) is 0.429. The third-order valence-corrected chi connectivity index (χ3v) is 4.78. The number of amides is 1. The Balaban J connectivity index is 1.75. The first kappa shape index (κ1) is 15.0. The SMILES string of the molecule is [2H]C1([2H])CC(F)(CCCc2ccc(C)cn2)C([2H])([2H])CN1C(=O)c1ccc(F)c(Cl)c1. The van der Waals surface area contributed by atoms with Crippen molar-refractivity contribution < 1.29 is 19.1 Å². The van der Waals surface area contributed by atoms with Crippen molar-refractivity contribution in [1.82, 2.24) is 9.88 Å². The highest BCUT2D eigenvalue weighted by molar-refractivity contribution is 6.31. The van der Waals surface area contributed by atoms with Gasteiger partial charge in [-0.3, -0.25) is 9.78 Å². The Bertz CT molecular complexity index is 974. The maximum Gasteiger partial charge on any atom is 0.253 e. The number of hydrogen-bond donors (Lipinski definition) is 0. The number of pyridine rings is 1. The molecule has 144 valence electrons. The number of carbonyl (C=O) groups is 1. The molecular weight excluding hydrogens is 370 g/mol. The van der Waals surface area contributed by atoms with Gasteiger partial charge in [-0.05, 0) is 68.8 Å². The molecule has 1 aromatic carbocycles. The number of nitrogens with zero attached hydrogens (tertiary/aromatic N) is 2. The van der Waals surface area contributed by atoms with Crippen LogP contribution in [0.25, 0.3) is 0 Å². The average molecular weight is 397 g/mol. The summed E-state index contributed by atoms with van der Waals surface area (Å²) in [6.45, 7) is -1.30. The minimum Gasteiger partial charge on any atom is -0.338 e. The number of carbonyl (C=O) groups excluding carboxylic acids is 1. The smallest absolute Gasteiger partial charge is 0.253 e. The predicted octanol–water partition coefficient (Wildman–Crippen LogP) is 5.15. The van der Waals surface area contributed by atoms with E-state index in [0.717, 1.165) is 29.5 Å². The first-order chi connectivity index (χ1) is 14.3. The largest absolute Gasteiger partial charge is 0.338 e. The summed E-state index contributed by atoms with van der Waals surface area (Å²) in [4.78, 5) is 17.7. The summed E-state index contributed by atoms with van der Waals surface area (Å²) in [7, 11) is 0. The molecule has 0 radical (unpaired) electrons. The molecule has 0 N–H and O–H groups in total. The molecule has 1 aliphatic rings. The normalized spacial score (nSPS) is 25.9. The molecule has 0 spiro atoms. The van der Waals surface area contributed by atoms with Gasteiger partial charge in [-0.15, -0.1) is 0 Å². The van der Waals surface area contributed by atoms with E-state index >= 15 is 4.39 Å². The van der Waals surface area contributed by atoms with Gasteiger partial charge in [0, 0.05) is 36.0 Å². The van der Waals surface area contributed by atoms with E-state index in [4.69, 9.17) is 17.1 Å². The third kappa shape index (κ3) is 5.04. The first-order valence-electron chi connectivity index (χ1n) is 10.7. The molecule has 0 aliphatic carbocycles. The van der Waals surface area contributed by atoms with Crippen molar-refractivity contribution in [3.05, 3.63) is 64.2 Å². The zero-order valence-corrected chi connectivity index (χ0v) is 15.7. The number of hydrogen-bond acceptors (Lipinski definition) is 2. The monoisotopic (exact) mass is 396 g/mol. The van der Waals surface area contributed by atoms with Gasteiger partial charge >= 0.3 is 0 Å². The van der Waals surface area contributed by atoms with Crippen LogP contribution >= 0.6 is 11.6 Å². The summed E-state index contributed by atoms with van der Waals surface area (Å²) in [5.74, 6) is -1.61. The van der Waals surface area contributed by atoms with Gasteiger partial charge in [0.25, 0.3) is 5.91 Å². The van der Waals surface area contributed by atoms with Crippen molar-refractivity contribution in [3.63, 3.8) is 0 Å². The summed E-state index contributed by atoms with van der Waals surface area (Å²) in [6, 6.07) is 6.88. The first-order valence-corrected chi connectivity index (χ1v) is 9.10. The highest BCUT2D eigenvalue weighted by Crippen LogP contribution is 2.32. The lowest BCUT2D eigenvalue weighted by atomic mass is 9.87. The average Bonchev–Trinajstić information content (AvgIpc) is 2.68. The summed E-state index contributed by atoms with van der Waals surface area (Å²) >= 11 is 5.71. The second kappa shape index (κ2) is 8.34. The van der Waals surface area contributed by atoms with Crippen LogP contribution in [-0.4, -0.2) is 34.5 Å². The zero-order chi connectivity index (χ0) is 23.0. The van der Waals surface area contributed by atoms with Crippen molar-refractivity contribution in [3.8, 4) is 0 Å². The molecule has 27 heavy (non-hydrogen) atoms. The van der Waals surface area contributed by atoms with Crippen molar-refractivity contribution >= 4 is 17.5 Å². The van der Waals surface area contributed by atoms with Crippen molar-refractivity contribution in [2.24, 2.45) is 0 Å². The molecule has 0 saturated carbocycles. The molecule has 2 heterocycles. The van der Waals surface area contributed by atoms with Gasteiger partial charge in [0.15, 0.2) is 0 Å². The van der Waals surface area contributed by atoms with Gasteiger partial charge in [-0.2, -0.15) is 0 Å². The second-order valence-electron chi connectivity index (χ2n) is 6.68. The maximum atomic E-state index is 15.7. The fourth-order valence-electron chi connectivity index (χ4n) is 2.86. The minimum atomic E-state index is -2.47. The highest BCUT2D eigenvalue weighted by atomic mass is 35.5. The van der Waals surface area contributed by atoms with Gasteiger partial charge in [0.05, 0.1) is 5.02 Å². The molecule has 1 aromatic heterocycles. The van der Waals surface area contributed by atoms with Crippen LogP contribution in [-0.2, 0) is 6.42 Å². The van der Waals surface area contributed by atoms with E-state index < -0.39 is 43.2 Å². The summed E-state index contributed by atoms with van der Waals surface area (Å²) < 4.78 is 62.2. The minimum absolute atomic E-state index is 0.0946. The van der Waals surface area contributed by atoms with Crippen molar-refractivity contribution in [1.29, 1.82) is 0 Å². The molecule has 6 heteroatoms. The van der Waals surface area contributed by atoms with E-state index in [0.29, 0.717) is 11.3 Å².